The van der Waals surface area contributed by atoms with E-state index in [1.54, 1.807) is 29.9 Å². The number of amides is 1. The van der Waals surface area contributed by atoms with E-state index < -0.39 is 5.91 Å². The van der Waals surface area contributed by atoms with Gasteiger partial charge in [0.05, 0.1) is 12.4 Å². The lowest BCUT2D eigenvalue weighted by molar-refractivity contribution is -0.117. The molecule has 28 heavy (non-hydrogen) atoms. The van der Waals surface area contributed by atoms with Crippen LogP contribution in [0.15, 0.2) is 30.9 Å². The fraction of sp³-hybridized carbons (Fsp3) is 0.368. The molecule has 144 valence electrons. The number of Topliss-reactive ketones (excluding diaryl/α,β-unsaturated/α-hetero) is 1. The third kappa shape index (κ3) is 3.55. The highest BCUT2D eigenvalue weighted by Crippen LogP contribution is 2.25. The third-order valence-corrected chi connectivity index (χ3v) is 4.94. The Morgan fingerprint density at radius 3 is 2.89 bits per heavy atom. The number of nitrogens with two attached hydrogens (primary N) is 1. The SMILES string of the molecule is CC(=O)CC1CCCN(c2ccnc(-c3cnc4cnc(C(N)=O)cn34)n2)C1. The van der Waals surface area contributed by atoms with Crippen molar-refractivity contribution in [3.05, 3.63) is 36.5 Å². The first-order valence-electron chi connectivity index (χ1n) is 9.22. The molecule has 3 aromatic heterocycles. The van der Waals surface area contributed by atoms with Gasteiger partial charge in [0.25, 0.3) is 5.91 Å². The molecule has 0 spiro atoms. The van der Waals surface area contributed by atoms with E-state index >= 15 is 0 Å². The van der Waals surface area contributed by atoms with Gasteiger partial charge in [-0.05, 0) is 31.7 Å². The first-order valence-corrected chi connectivity index (χ1v) is 9.22. The Morgan fingerprint density at radius 1 is 1.25 bits per heavy atom. The maximum absolute atomic E-state index is 11.5. The maximum atomic E-state index is 11.5. The van der Waals surface area contributed by atoms with Gasteiger partial charge in [-0.15, -0.1) is 0 Å². The zero-order valence-electron chi connectivity index (χ0n) is 15.6. The number of carbonyl (C=O) groups excluding carboxylic acids is 2. The standard InChI is InChI=1S/C19H21N7O2/c1-12(27)7-13-3-2-6-25(10-13)16-4-5-21-19(24-16)15-8-23-17-9-22-14(18(20)28)11-26(15)17/h4-5,8-9,11,13H,2-3,6-7,10H2,1H3,(H2,20,28). The summed E-state index contributed by atoms with van der Waals surface area (Å²) in [6, 6.07) is 1.87. The maximum Gasteiger partial charge on any atom is 0.268 e. The van der Waals surface area contributed by atoms with Gasteiger partial charge in [0, 0.05) is 31.9 Å². The molecule has 0 aromatic carbocycles. The van der Waals surface area contributed by atoms with Gasteiger partial charge in [0.15, 0.2) is 11.5 Å². The Bertz CT molecular complexity index is 1050. The monoisotopic (exact) mass is 379 g/mol. The molecule has 1 atom stereocenters. The molecule has 4 heterocycles. The van der Waals surface area contributed by atoms with Crippen LogP contribution < -0.4 is 10.6 Å². The average molecular weight is 379 g/mol. The van der Waals surface area contributed by atoms with Gasteiger partial charge in [-0.25, -0.2) is 19.9 Å². The molecule has 1 fully saturated rings. The van der Waals surface area contributed by atoms with Crippen molar-refractivity contribution in [1.29, 1.82) is 0 Å². The topological polar surface area (TPSA) is 119 Å². The van der Waals surface area contributed by atoms with Crippen LogP contribution in [0.25, 0.3) is 17.2 Å². The van der Waals surface area contributed by atoms with E-state index in [9.17, 15) is 9.59 Å². The number of piperidine rings is 1. The van der Waals surface area contributed by atoms with Gasteiger partial charge in [-0.2, -0.15) is 0 Å². The average Bonchev–Trinajstić information content (AvgIpc) is 3.11. The number of anilines is 1. The molecule has 4 rings (SSSR count). The van der Waals surface area contributed by atoms with Crippen molar-refractivity contribution in [2.45, 2.75) is 26.2 Å². The second-order valence-corrected chi connectivity index (χ2v) is 7.11. The highest BCUT2D eigenvalue weighted by atomic mass is 16.1. The van der Waals surface area contributed by atoms with Crippen LogP contribution in [0.1, 0.15) is 36.7 Å². The lowest BCUT2D eigenvalue weighted by atomic mass is 9.93. The van der Waals surface area contributed by atoms with Crippen molar-refractivity contribution in [2.75, 3.05) is 18.0 Å². The van der Waals surface area contributed by atoms with Gasteiger partial charge in [-0.3, -0.25) is 9.20 Å². The molecule has 9 nitrogen and oxygen atoms in total. The molecule has 0 aliphatic carbocycles. The number of hydrogen-bond acceptors (Lipinski definition) is 7. The number of primary amides is 1. The van der Waals surface area contributed by atoms with Crippen molar-refractivity contribution in [3.63, 3.8) is 0 Å². The smallest absolute Gasteiger partial charge is 0.268 e. The molecule has 0 bridgehead atoms. The summed E-state index contributed by atoms with van der Waals surface area (Å²) in [6.07, 6.45) is 9.08. The predicted octanol–water partition coefficient (Wildman–Crippen LogP) is 1.48. The Hall–Kier alpha value is -3.36. The van der Waals surface area contributed by atoms with E-state index in [1.165, 1.54) is 6.20 Å². The summed E-state index contributed by atoms with van der Waals surface area (Å²) >= 11 is 0. The van der Waals surface area contributed by atoms with Crippen molar-refractivity contribution in [1.82, 2.24) is 24.3 Å². The number of rotatable bonds is 5. The quantitative estimate of drug-likeness (QED) is 0.713. The largest absolute Gasteiger partial charge is 0.364 e. The normalized spacial score (nSPS) is 17.0. The van der Waals surface area contributed by atoms with Crippen molar-refractivity contribution in [3.8, 4) is 11.5 Å². The minimum absolute atomic E-state index is 0.144. The Balaban J connectivity index is 1.66. The number of imidazole rings is 1. The van der Waals surface area contributed by atoms with Gasteiger partial charge in [-0.1, -0.05) is 0 Å². The number of carbonyl (C=O) groups is 2. The first-order chi connectivity index (χ1) is 13.5. The van der Waals surface area contributed by atoms with Crippen molar-refractivity contribution < 1.29 is 9.59 Å². The fourth-order valence-corrected chi connectivity index (χ4v) is 3.68. The molecule has 1 aliphatic heterocycles. The predicted molar refractivity (Wildman–Crippen MR) is 103 cm³/mol. The molecule has 1 saturated heterocycles. The molecule has 1 aliphatic rings. The van der Waals surface area contributed by atoms with E-state index in [-0.39, 0.29) is 11.5 Å². The Morgan fingerprint density at radius 2 is 2.11 bits per heavy atom. The highest BCUT2D eigenvalue weighted by Gasteiger charge is 2.23. The summed E-state index contributed by atoms with van der Waals surface area (Å²) in [5.41, 5.74) is 6.71. The number of aromatic nitrogens is 5. The van der Waals surface area contributed by atoms with E-state index in [4.69, 9.17) is 10.7 Å². The Labute approximate surface area is 161 Å². The molecule has 1 unspecified atom stereocenters. The van der Waals surface area contributed by atoms with E-state index in [0.29, 0.717) is 29.5 Å². The number of fused-ring (bicyclic) bond motifs is 1. The first kappa shape index (κ1) is 18.0. The molecular weight excluding hydrogens is 358 g/mol. The molecular formula is C19H21N7O2. The number of ketones is 1. The summed E-state index contributed by atoms with van der Waals surface area (Å²) < 4.78 is 1.71. The van der Waals surface area contributed by atoms with Gasteiger partial charge in [0.1, 0.15) is 23.0 Å². The van der Waals surface area contributed by atoms with Gasteiger partial charge < -0.3 is 15.4 Å². The van der Waals surface area contributed by atoms with Crippen LogP contribution >= 0.6 is 0 Å². The number of hydrogen-bond donors (Lipinski definition) is 1. The molecule has 1 amide bonds. The van der Waals surface area contributed by atoms with Crippen LogP contribution in [0, 0.1) is 5.92 Å². The van der Waals surface area contributed by atoms with E-state index in [1.807, 2.05) is 6.07 Å². The molecule has 0 radical (unpaired) electrons. The van der Waals surface area contributed by atoms with Crippen LogP contribution in [0.3, 0.4) is 0 Å². The van der Waals surface area contributed by atoms with Gasteiger partial charge >= 0.3 is 0 Å². The van der Waals surface area contributed by atoms with Crippen LogP contribution in [0.5, 0.6) is 0 Å². The number of nitrogens with zero attached hydrogens (tertiary/aromatic N) is 6. The van der Waals surface area contributed by atoms with E-state index in [2.05, 4.69) is 19.9 Å². The van der Waals surface area contributed by atoms with Gasteiger partial charge in [0.2, 0.25) is 0 Å². The zero-order valence-corrected chi connectivity index (χ0v) is 15.6. The molecule has 9 heteroatoms. The van der Waals surface area contributed by atoms with Crippen molar-refractivity contribution in [2.24, 2.45) is 11.7 Å². The lowest BCUT2D eigenvalue weighted by Crippen LogP contribution is -2.36. The second-order valence-electron chi connectivity index (χ2n) is 7.11. The fourth-order valence-electron chi connectivity index (χ4n) is 3.68. The lowest BCUT2D eigenvalue weighted by Gasteiger charge is -2.33. The summed E-state index contributed by atoms with van der Waals surface area (Å²) in [6.45, 7) is 3.34. The van der Waals surface area contributed by atoms with Crippen LogP contribution in [0.4, 0.5) is 5.82 Å². The highest BCUT2D eigenvalue weighted by molar-refractivity contribution is 5.90. The summed E-state index contributed by atoms with van der Waals surface area (Å²) in [4.78, 5) is 42.5. The van der Waals surface area contributed by atoms with Crippen LogP contribution in [0.2, 0.25) is 0 Å². The van der Waals surface area contributed by atoms with Crippen LogP contribution in [-0.2, 0) is 4.79 Å². The minimum atomic E-state index is -0.610. The molecule has 3 aromatic rings. The van der Waals surface area contributed by atoms with Crippen molar-refractivity contribution >= 4 is 23.2 Å². The molecule has 2 N–H and O–H groups in total. The summed E-state index contributed by atoms with van der Waals surface area (Å²) in [5, 5.41) is 0. The molecule has 0 saturated carbocycles. The minimum Gasteiger partial charge on any atom is -0.364 e. The van der Waals surface area contributed by atoms with Crippen LogP contribution in [-0.4, -0.2) is 49.1 Å². The third-order valence-electron chi connectivity index (χ3n) is 4.94. The summed E-state index contributed by atoms with van der Waals surface area (Å²) in [5.74, 6) is 1.28. The second kappa shape index (κ2) is 7.34. The Kier molecular flexibility index (Phi) is 4.72. The summed E-state index contributed by atoms with van der Waals surface area (Å²) in [7, 11) is 0. The zero-order chi connectivity index (χ0) is 19.7. The van der Waals surface area contributed by atoms with E-state index in [0.717, 1.165) is 31.7 Å².